The molecule has 1 aromatic heterocycles. The van der Waals surface area contributed by atoms with E-state index in [1.807, 2.05) is 0 Å². The minimum Gasteiger partial charge on any atom is -0.496 e. The number of anilines is 1. The van der Waals surface area contributed by atoms with Gasteiger partial charge in [0.2, 0.25) is 0 Å². The van der Waals surface area contributed by atoms with E-state index >= 15 is 0 Å². The summed E-state index contributed by atoms with van der Waals surface area (Å²) in [5, 5.41) is 1.02. The summed E-state index contributed by atoms with van der Waals surface area (Å²) < 4.78 is 5.58. The van der Waals surface area contributed by atoms with Gasteiger partial charge in [-0.25, -0.2) is 4.98 Å². The van der Waals surface area contributed by atoms with Gasteiger partial charge in [-0.2, -0.15) is 0 Å². The topological polar surface area (TPSA) is 25.4 Å². The average Bonchev–Trinajstić information content (AvgIpc) is 3.57. The van der Waals surface area contributed by atoms with Crippen LogP contribution in [0, 0.1) is 46.0 Å². The molecule has 0 radical (unpaired) electrons. The van der Waals surface area contributed by atoms with E-state index in [9.17, 15) is 0 Å². The highest BCUT2D eigenvalue weighted by Crippen LogP contribution is 2.44. The monoisotopic (exact) mass is 472 g/mol. The number of hydrogen-bond donors (Lipinski definition) is 0. The predicted octanol–water partition coefficient (Wildman–Crippen LogP) is 7.60. The van der Waals surface area contributed by atoms with Crippen LogP contribution in [0.5, 0.6) is 5.75 Å². The summed E-state index contributed by atoms with van der Waals surface area (Å²) in [6, 6.07) is 11.5. The Kier molecular flexibility index (Phi) is 7.33. The zero-order valence-electron chi connectivity index (χ0n) is 21.4. The molecular formula is C30H36N2OS. The van der Waals surface area contributed by atoms with Gasteiger partial charge in [-0.3, -0.25) is 0 Å². The highest BCUT2D eigenvalue weighted by atomic mass is 32.1. The normalized spacial score (nSPS) is 14.0. The number of terminal acetylenes is 1. The number of nitrogens with zero attached hydrogens (tertiary/aromatic N) is 2. The number of ether oxygens (including phenoxy) is 1. The first kappa shape index (κ1) is 24.4. The van der Waals surface area contributed by atoms with Crippen molar-refractivity contribution in [3.05, 3.63) is 63.0 Å². The first-order valence-corrected chi connectivity index (χ1v) is 13.1. The Morgan fingerprint density at radius 3 is 2.50 bits per heavy atom. The number of methoxy groups -OCH3 is 1. The van der Waals surface area contributed by atoms with Gasteiger partial charge >= 0.3 is 0 Å². The second-order valence-corrected chi connectivity index (χ2v) is 10.8. The summed E-state index contributed by atoms with van der Waals surface area (Å²) in [5.41, 5.74) is 8.65. The molecule has 1 heterocycles. The van der Waals surface area contributed by atoms with E-state index in [4.69, 9.17) is 16.1 Å². The third-order valence-corrected chi connectivity index (χ3v) is 8.10. The molecule has 1 saturated carbocycles. The van der Waals surface area contributed by atoms with Crippen LogP contribution in [0.1, 0.15) is 64.9 Å². The summed E-state index contributed by atoms with van der Waals surface area (Å²) in [6.45, 7) is 11.4. The number of rotatable bonds is 9. The first-order valence-electron chi connectivity index (χ1n) is 12.3. The maximum Gasteiger partial charge on any atom is 0.187 e. The van der Waals surface area contributed by atoms with Gasteiger partial charge in [0.05, 0.1) is 25.4 Å². The summed E-state index contributed by atoms with van der Waals surface area (Å²) in [5.74, 6) is 4.64. The summed E-state index contributed by atoms with van der Waals surface area (Å²) >= 11 is 1.76. The van der Waals surface area contributed by atoms with E-state index in [0.717, 1.165) is 40.9 Å². The van der Waals surface area contributed by atoms with Crippen molar-refractivity contribution in [3.8, 4) is 29.4 Å². The standard InChI is InChI=1S/C30H36N2OS/c1-8-14-32(27(17-23-11-12-23)25-13-10-19(3)20(4)15-25)30-31-29(22(6)34-30)26-16-21(5)28(33-7)18-24(26)9-2/h1,10,13,15-16,18,23,27H,9,11-12,14,17H2,2-7H3/t27-/m0/s1. The molecule has 1 aliphatic carbocycles. The van der Waals surface area contributed by atoms with Crippen molar-refractivity contribution in [1.29, 1.82) is 0 Å². The Morgan fingerprint density at radius 2 is 1.88 bits per heavy atom. The van der Waals surface area contributed by atoms with Crippen molar-refractivity contribution < 1.29 is 4.74 Å². The van der Waals surface area contributed by atoms with Crippen molar-refractivity contribution in [2.45, 2.75) is 66.3 Å². The van der Waals surface area contributed by atoms with Crippen molar-refractivity contribution in [1.82, 2.24) is 4.98 Å². The van der Waals surface area contributed by atoms with Crippen molar-refractivity contribution in [3.63, 3.8) is 0 Å². The molecule has 3 aromatic rings. The van der Waals surface area contributed by atoms with Gasteiger partial charge in [0.1, 0.15) is 5.75 Å². The van der Waals surface area contributed by atoms with Crippen LogP contribution in [0.25, 0.3) is 11.3 Å². The van der Waals surface area contributed by atoms with E-state index in [1.165, 1.54) is 45.5 Å². The van der Waals surface area contributed by atoms with Gasteiger partial charge in [0, 0.05) is 10.4 Å². The number of aromatic nitrogens is 1. The van der Waals surface area contributed by atoms with Crippen LogP contribution in [0.3, 0.4) is 0 Å². The van der Waals surface area contributed by atoms with Crippen LogP contribution in [0.15, 0.2) is 30.3 Å². The van der Waals surface area contributed by atoms with Crippen LogP contribution in [0.2, 0.25) is 0 Å². The lowest BCUT2D eigenvalue weighted by atomic mass is 9.96. The molecule has 0 saturated heterocycles. The Balaban J connectivity index is 1.78. The maximum absolute atomic E-state index is 5.91. The van der Waals surface area contributed by atoms with Crippen LogP contribution in [-0.4, -0.2) is 18.6 Å². The summed E-state index contributed by atoms with van der Waals surface area (Å²) in [6.07, 6.45) is 10.6. The van der Waals surface area contributed by atoms with Crippen molar-refractivity contribution in [2.24, 2.45) is 5.92 Å². The molecular weight excluding hydrogens is 436 g/mol. The smallest absolute Gasteiger partial charge is 0.187 e. The van der Waals surface area contributed by atoms with Crippen molar-refractivity contribution in [2.75, 3.05) is 18.6 Å². The van der Waals surface area contributed by atoms with Gasteiger partial charge in [0.15, 0.2) is 5.13 Å². The summed E-state index contributed by atoms with van der Waals surface area (Å²) in [7, 11) is 1.73. The fourth-order valence-corrected chi connectivity index (χ4v) is 5.68. The Bertz CT molecular complexity index is 1220. The minimum atomic E-state index is 0.240. The molecule has 0 aliphatic heterocycles. The van der Waals surface area contributed by atoms with E-state index in [-0.39, 0.29) is 6.04 Å². The Morgan fingerprint density at radius 1 is 1.12 bits per heavy atom. The lowest BCUT2D eigenvalue weighted by Gasteiger charge is -2.31. The number of thiazole rings is 1. The molecule has 1 fully saturated rings. The SMILES string of the molecule is C#CCN(c1nc(-c2cc(C)c(OC)cc2CC)c(C)s1)[C@@H](CC1CC1)c1ccc(C)c(C)c1. The van der Waals surface area contributed by atoms with Crippen LogP contribution in [0.4, 0.5) is 5.13 Å². The third kappa shape index (κ3) is 5.00. The molecule has 2 aromatic carbocycles. The number of benzene rings is 2. The van der Waals surface area contributed by atoms with E-state index in [2.05, 4.69) is 75.8 Å². The molecule has 4 rings (SSSR count). The fourth-order valence-electron chi connectivity index (χ4n) is 4.71. The molecule has 3 nitrogen and oxygen atoms in total. The molecule has 0 N–H and O–H groups in total. The molecule has 178 valence electrons. The molecule has 34 heavy (non-hydrogen) atoms. The molecule has 1 atom stereocenters. The zero-order valence-corrected chi connectivity index (χ0v) is 22.2. The maximum atomic E-state index is 5.91. The lowest BCUT2D eigenvalue weighted by molar-refractivity contribution is 0.411. The molecule has 4 heteroatoms. The van der Waals surface area contributed by atoms with Gasteiger partial charge in [-0.05, 0) is 86.4 Å². The van der Waals surface area contributed by atoms with E-state index in [0.29, 0.717) is 6.54 Å². The number of hydrogen-bond acceptors (Lipinski definition) is 4. The Labute approximate surface area is 209 Å². The third-order valence-electron chi connectivity index (χ3n) is 7.09. The molecule has 0 amide bonds. The fraction of sp³-hybridized carbons (Fsp3) is 0.433. The largest absolute Gasteiger partial charge is 0.496 e. The first-order chi connectivity index (χ1) is 16.4. The van der Waals surface area contributed by atoms with Crippen LogP contribution in [-0.2, 0) is 6.42 Å². The predicted molar refractivity (Wildman–Crippen MR) is 145 cm³/mol. The minimum absolute atomic E-state index is 0.240. The highest BCUT2D eigenvalue weighted by molar-refractivity contribution is 7.16. The van der Waals surface area contributed by atoms with Crippen LogP contribution >= 0.6 is 11.3 Å². The molecule has 0 bridgehead atoms. The lowest BCUT2D eigenvalue weighted by Crippen LogP contribution is -2.29. The van der Waals surface area contributed by atoms with Gasteiger partial charge < -0.3 is 9.64 Å². The average molecular weight is 473 g/mol. The second kappa shape index (κ2) is 10.2. The van der Waals surface area contributed by atoms with Gasteiger partial charge in [-0.1, -0.05) is 43.9 Å². The van der Waals surface area contributed by atoms with E-state index < -0.39 is 0 Å². The highest BCUT2D eigenvalue weighted by Gasteiger charge is 2.31. The van der Waals surface area contributed by atoms with Crippen LogP contribution < -0.4 is 9.64 Å². The molecule has 1 aliphatic rings. The zero-order chi connectivity index (χ0) is 24.4. The van der Waals surface area contributed by atoms with Gasteiger partial charge in [0.25, 0.3) is 0 Å². The summed E-state index contributed by atoms with van der Waals surface area (Å²) in [4.78, 5) is 8.82. The van der Waals surface area contributed by atoms with Crippen molar-refractivity contribution >= 4 is 16.5 Å². The quantitative estimate of drug-likeness (QED) is 0.300. The van der Waals surface area contributed by atoms with E-state index in [1.54, 1.807) is 18.4 Å². The molecule has 0 spiro atoms. The van der Waals surface area contributed by atoms with Gasteiger partial charge in [-0.15, -0.1) is 17.8 Å². The Hall–Kier alpha value is -2.77. The molecule has 0 unspecified atom stereocenters. The number of aryl methyl sites for hydroxylation is 5. The second-order valence-electron chi connectivity index (χ2n) is 9.60.